The molecule has 0 aliphatic rings. The summed E-state index contributed by atoms with van der Waals surface area (Å²) in [6, 6.07) is 0. The van der Waals surface area contributed by atoms with E-state index < -0.39 is 0 Å². The third-order valence-electron chi connectivity index (χ3n) is 0.182. The van der Waals surface area contributed by atoms with Crippen LogP contribution in [0.5, 0.6) is 0 Å². The van der Waals surface area contributed by atoms with E-state index in [9.17, 15) is 4.79 Å². The molecule has 34 valence electrons. The first-order valence-electron chi connectivity index (χ1n) is 1.30. The van der Waals surface area contributed by atoms with E-state index in [0.717, 1.165) is 0 Å². The number of rotatable bonds is 1. The smallest absolute Gasteiger partial charge is 0.442 e. The van der Waals surface area contributed by atoms with Crippen molar-refractivity contribution in [2.45, 2.75) is 6.92 Å². The molecule has 0 aromatic rings. The lowest BCUT2D eigenvalue weighted by Crippen LogP contribution is -1.96. The van der Waals surface area contributed by atoms with E-state index >= 15 is 0 Å². The maximum Gasteiger partial charge on any atom is 0.442 e. The SMILES string of the molecule is CC(=O)O[Si]Cl. The second kappa shape index (κ2) is 3.18. The molecule has 2 radical (unpaired) electrons. The van der Waals surface area contributed by atoms with Gasteiger partial charge in [-0.3, -0.25) is 4.79 Å². The molecule has 0 aromatic heterocycles. The molecule has 0 saturated carbocycles. The van der Waals surface area contributed by atoms with Crippen molar-refractivity contribution in [2.75, 3.05) is 0 Å². The van der Waals surface area contributed by atoms with Gasteiger partial charge in [0.05, 0.1) is 0 Å². The van der Waals surface area contributed by atoms with Gasteiger partial charge in [0.2, 0.25) is 0 Å². The molecule has 0 unspecified atom stereocenters. The Bertz CT molecular complexity index is 55.5. The molecule has 0 saturated heterocycles. The summed E-state index contributed by atoms with van der Waals surface area (Å²) in [6.07, 6.45) is 0. The highest BCUT2D eigenvalue weighted by atomic mass is 35.6. The minimum absolute atomic E-state index is 0.239. The fourth-order valence-corrected chi connectivity index (χ4v) is 0.489. The topological polar surface area (TPSA) is 26.3 Å². The maximum absolute atomic E-state index is 9.74. The van der Waals surface area contributed by atoms with Crippen molar-refractivity contribution in [2.24, 2.45) is 0 Å². The van der Waals surface area contributed by atoms with Crippen LogP contribution in [0.2, 0.25) is 0 Å². The normalized spacial score (nSPS) is 7.67. The second-order valence-electron chi connectivity index (χ2n) is 0.671. The fourth-order valence-electron chi connectivity index (χ4n) is 0.0543. The highest BCUT2D eigenvalue weighted by molar-refractivity contribution is 6.90. The third kappa shape index (κ3) is 3.98. The lowest BCUT2D eigenvalue weighted by molar-refractivity contribution is -0.131. The second-order valence-corrected chi connectivity index (χ2v) is 1.49. The Morgan fingerprint density at radius 2 is 2.50 bits per heavy atom. The van der Waals surface area contributed by atoms with Crippen molar-refractivity contribution < 1.29 is 9.22 Å². The first-order chi connectivity index (χ1) is 2.77. The van der Waals surface area contributed by atoms with E-state index in [1.165, 1.54) is 6.92 Å². The van der Waals surface area contributed by atoms with Gasteiger partial charge in [0.1, 0.15) is 0 Å². The molecule has 4 heteroatoms. The van der Waals surface area contributed by atoms with Gasteiger partial charge in [0.15, 0.2) is 0 Å². The van der Waals surface area contributed by atoms with E-state index in [0.29, 0.717) is 0 Å². The Morgan fingerprint density at radius 1 is 2.00 bits per heavy atom. The summed E-state index contributed by atoms with van der Waals surface area (Å²) in [6.45, 7) is 1.31. The number of halogens is 1. The van der Waals surface area contributed by atoms with E-state index in [1.54, 1.807) is 0 Å². The van der Waals surface area contributed by atoms with Gasteiger partial charge in [-0.25, -0.2) is 0 Å². The number of hydrogen-bond donors (Lipinski definition) is 0. The zero-order valence-corrected chi connectivity index (χ0v) is 4.95. The number of carbonyl (C=O) groups excluding carboxylic acids is 1. The molecule has 0 aliphatic heterocycles. The zero-order valence-electron chi connectivity index (χ0n) is 3.19. The van der Waals surface area contributed by atoms with Crippen LogP contribution in [-0.4, -0.2) is 15.0 Å². The van der Waals surface area contributed by atoms with E-state index in [2.05, 4.69) is 4.43 Å². The van der Waals surface area contributed by atoms with Crippen LogP contribution >= 0.6 is 11.1 Å². The van der Waals surface area contributed by atoms with Crippen LogP contribution in [0.3, 0.4) is 0 Å². The van der Waals surface area contributed by atoms with E-state index in [1.807, 2.05) is 0 Å². The average molecular weight is 123 g/mol. The molecule has 0 atom stereocenters. The minimum Gasteiger partial charge on any atom is -0.501 e. The summed E-state index contributed by atoms with van der Waals surface area (Å²) in [5.41, 5.74) is 0. The summed E-state index contributed by atoms with van der Waals surface area (Å²) in [5, 5.41) is 0. The monoisotopic (exact) mass is 122 g/mol. The summed E-state index contributed by atoms with van der Waals surface area (Å²) in [5.74, 6) is -0.330. The predicted octanol–water partition coefficient (Wildman–Crippen LogP) is 0.323. The molecule has 0 heterocycles. The minimum atomic E-state index is -0.330. The Hall–Kier alpha value is -0.0231. The molecular weight excluding hydrogens is 120 g/mol. The van der Waals surface area contributed by atoms with Crippen LogP contribution in [0.4, 0.5) is 0 Å². The quantitative estimate of drug-likeness (QED) is 0.370. The van der Waals surface area contributed by atoms with Crippen LogP contribution in [-0.2, 0) is 9.22 Å². The van der Waals surface area contributed by atoms with Crippen molar-refractivity contribution in [1.82, 2.24) is 0 Å². The van der Waals surface area contributed by atoms with Crippen molar-refractivity contribution in [3.63, 3.8) is 0 Å². The third-order valence-corrected chi connectivity index (χ3v) is 0.778. The molecule has 2 nitrogen and oxygen atoms in total. The fraction of sp³-hybridized carbons (Fsp3) is 0.500. The van der Waals surface area contributed by atoms with Crippen molar-refractivity contribution in [1.29, 1.82) is 0 Å². The van der Waals surface area contributed by atoms with Gasteiger partial charge in [0.25, 0.3) is 5.97 Å². The molecule has 0 fully saturated rings. The molecular formula is C2H3ClO2Si. The Labute approximate surface area is 43.1 Å². The van der Waals surface area contributed by atoms with Gasteiger partial charge in [-0.1, -0.05) is 0 Å². The first kappa shape index (κ1) is 5.98. The van der Waals surface area contributed by atoms with Crippen LogP contribution in [0.25, 0.3) is 0 Å². The summed E-state index contributed by atoms with van der Waals surface area (Å²) in [4.78, 5) is 9.74. The van der Waals surface area contributed by atoms with Gasteiger partial charge in [-0.05, 0) is 0 Å². The number of carbonyl (C=O) groups is 1. The van der Waals surface area contributed by atoms with Gasteiger partial charge in [-0.2, -0.15) is 0 Å². The van der Waals surface area contributed by atoms with E-state index in [-0.39, 0.29) is 15.0 Å². The predicted molar refractivity (Wildman–Crippen MR) is 23.4 cm³/mol. The highest BCUT2D eigenvalue weighted by Gasteiger charge is 1.86. The highest BCUT2D eigenvalue weighted by Crippen LogP contribution is 1.72. The molecule has 0 bridgehead atoms. The Morgan fingerprint density at radius 3 is 2.50 bits per heavy atom. The van der Waals surface area contributed by atoms with Crippen LogP contribution in [0.15, 0.2) is 0 Å². The molecule has 0 aliphatic carbocycles. The van der Waals surface area contributed by atoms with Crippen LogP contribution in [0.1, 0.15) is 6.92 Å². The number of hydrogen-bond acceptors (Lipinski definition) is 2. The lowest BCUT2D eigenvalue weighted by atomic mass is 10.9. The average Bonchev–Trinajstić information content (AvgIpc) is 1.35. The molecule has 0 aromatic carbocycles. The van der Waals surface area contributed by atoms with Gasteiger partial charge in [0, 0.05) is 6.92 Å². The van der Waals surface area contributed by atoms with Crippen molar-refractivity contribution >= 4 is 26.1 Å². The van der Waals surface area contributed by atoms with Gasteiger partial charge in [-0.15, -0.1) is 11.1 Å². The Kier molecular flexibility index (Phi) is 3.17. The summed E-state index contributed by atoms with van der Waals surface area (Å²) >= 11 is 4.98. The summed E-state index contributed by atoms with van der Waals surface area (Å²) < 4.78 is 4.20. The molecule has 6 heavy (non-hydrogen) atoms. The Balaban J connectivity index is 2.83. The van der Waals surface area contributed by atoms with E-state index in [4.69, 9.17) is 11.1 Å². The zero-order chi connectivity index (χ0) is 4.99. The molecule has 0 spiro atoms. The maximum atomic E-state index is 9.74. The van der Waals surface area contributed by atoms with Crippen LogP contribution in [0, 0.1) is 0 Å². The molecule has 0 rings (SSSR count). The summed E-state index contributed by atoms with van der Waals surface area (Å²) in [7, 11) is -0.239. The van der Waals surface area contributed by atoms with Crippen molar-refractivity contribution in [3.8, 4) is 0 Å². The first-order valence-corrected chi connectivity index (χ1v) is 3.22. The van der Waals surface area contributed by atoms with Gasteiger partial charge >= 0.3 is 9.07 Å². The lowest BCUT2D eigenvalue weighted by Gasteiger charge is -1.85. The van der Waals surface area contributed by atoms with Gasteiger partial charge < -0.3 is 4.43 Å². The largest absolute Gasteiger partial charge is 0.501 e. The standard InChI is InChI=1S/C2H3ClO2Si/c1-2(4)5-6-3/h1H3. The van der Waals surface area contributed by atoms with Crippen molar-refractivity contribution in [3.05, 3.63) is 0 Å². The molecule has 0 N–H and O–H groups in total. The van der Waals surface area contributed by atoms with Crippen LogP contribution < -0.4 is 0 Å². The molecule has 0 amide bonds.